The average molecular weight is 426 g/mol. The van der Waals surface area contributed by atoms with Crippen LogP contribution in [0, 0.1) is 0 Å². The van der Waals surface area contributed by atoms with Crippen molar-refractivity contribution < 1.29 is 68.0 Å². The highest BCUT2D eigenvalue weighted by molar-refractivity contribution is 5.84. The summed E-state index contributed by atoms with van der Waals surface area (Å²) in [4.78, 5) is 45.0. The minimum Gasteiger partial charge on any atom is -0.479 e. The maximum atomic E-state index is 11.3. The lowest BCUT2D eigenvalue weighted by atomic mass is 10.2. The van der Waals surface area contributed by atoms with Crippen molar-refractivity contribution in [2.24, 2.45) is 0 Å². The van der Waals surface area contributed by atoms with Crippen molar-refractivity contribution >= 4 is 23.9 Å². The number of carboxylic acid groups (broad SMARTS) is 4. The molecular formula is C15H22O14. The van der Waals surface area contributed by atoms with Crippen molar-refractivity contribution in [3.8, 4) is 0 Å². The summed E-state index contributed by atoms with van der Waals surface area (Å²) in [7, 11) is 0. The van der Waals surface area contributed by atoms with Crippen LogP contribution in [-0.2, 0) is 47.6 Å². The largest absolute Gasteiger partial charge is 0.479 e. The van der Waals surface area contributed by atoms with Gasteiger partial charge in [0.25, 0.3) is 0 Å². The third-order valence-corrected chi connectivity index (χ3v) is 3.43. The van der Waals surface area contributed by atoms with Crippen molar-refractivity contribution in [2.75, 3.05) is 46.4 Å². The molecule has 0 aromatic carbocycles. The SMILES string of the molecule is O=C(O)[C@@H]1OCCOCCO[C@@H](C(=O)O)[C@H](C(=O)O)OCOCCO[C@H]1C(=O)O. The highest BCUT2D eigenvalue weighted by Crippen LogP contribution is 2.09. The van der Waals surface area contributed by atoms with Gasteiger partial charge in [0, 0.05) is 0 Å². The number of aliphatic carboxylic acids is 4. The molecular weight excluding hydrogens is 404 g/mol. The first-order valence-electron chi connectivity index (χ1n) is 8.28. The first-order chi connectivity index (χ1) is 13.8. The van der Waals surface area contributed by atoms with Crippen LogP contribution in [-0.4, -0.2) is 115 Å². The molecule has 29 heavy (non-hydrogen) atoms. The number of hydrogen-bond donors (Lipinski definition) is 4. The van der Waals surface area contributed by atoms with E-state index in [4.69, 9.17) is 48.8 Å². The lowest BCUT2D eigenvalue weighted by Crippen LogP contribution is -2.45. The third-order valence-electron chi connectivity index (χ3n) is 3.43. The van der Waals surface area contributed by atoms with Crippen LogP contribution < -0.4 is 0 Å². The Morgan fingerprint density at radius 1 is 0.483 bits per heavy atom. The Bertz CT molecular complexity index is 515. The van der Waals surface area contributed by atoms with Crippen LogP contribution in [0.1, 0.15) is 0 Å². The van der Waals surface area contributed by atoms with E-state index in [2.05, 4.69) is 0 Å². The standard InChI is InChI=1S/C15H22O14/c16-12(17)8-9(13(18)19)28-6-3-25-7-29-11(15(22)23)10(14(20)21)27-5-2-24-1-4-26-8/h8-11H,1-7H2,(H,16,17)(H,18,19)(H,20,21)(H,22,23)/t8-,9-,10-,11-/m1/s1. The summed E-state index contributed by atoms with van der Waals surface area (Å²) < 4.78 is 29.8. The van der Waals surface area contributed by atoms with E-state index < -0.39 is 55.1 Å². The van der Waals surface area contributed by atoms with Crippen molar-refractivity contribution in [1.29, 1.82) is 0 Å². The second-order valence-corrected chi connectivity index (χ2v) is 5.45. The topological polar surface area (TPSA) is 205 Å². The second kappa shape index (κ2) is 13.0. The van der Waals surface area contributed by atoms with E-state index in [0.29, 0.717) is 0 Å². The van der Waals surface area contributed by atoms with Crippen LogP contribution in [0.2, 0.25) is 0 Å². The molecule has 0 aromatic rings. The van der Waals surface area contributed by atoms with Crippen LogP contribution >= 0.6 is 0 Å². The van der Waals surface area contributed by atoms with Gasteiger partial charge in [0.2, 0.25) is 0 Å². The van der Waals surface area contributed by atoms with E-state index in [0.717, 1.165) is 0 Å². The Kier molecular flexibility index (Phi) is 11.0. The number of hydrogen-bond acceptors (Lipinski definition) is 10. The molecule has 1 aliphatic rings. The van der Waals surface area contributed by atoms with E-state index >= 15 is 0 Å². The molecule has 0 bridgehead atoms. The van der Waals surface area contributed by atoms with Gasteiger partial charge in [-0.15, -0.1) is 0 Å². The predicted molar refractivity (Wildman–Crippen MR) is 86.3 cm³/mol. The quantitative estimate of drug-likeness (QED) is 0.379. The van der Waals surface area contributed by atoms with Gasteiger partial charge in [0.1, 0.15) is 6.79 Å². The molecule has 1 heterocycles. The number of carbonyl (C=O) groups is 4. The number of carboxylic acids is 4. The molecule has 0 amide bonds. The number of ether oxygens (including phenoxy) is 6. The Balaban J connectivity index is 2.81. The Labute approximate surface area is 163 Å². The summed E-state index contributed by atoms with van der Waals surface area (Å²) in [6.45, 7) is -2.31. The summed E-state index contributed by atoms with van der Waals surface area (Å²) in [6, 6.07) is 0. The summed E-state index contributed by atoms with van der Waals surface area (Å²) in [5.41, 5.74) is 0. The van der Waals surface area contributed by atoms with Gasteiger partial charge in [-0.2, -0.15) is 0 Å². The van der Waals surface area contributed by atoms with E-state index in [1.165, 1.54) is 0 Å². The van der Waals surface area contributed by atoms with Gasteiger partial charge in [-0.25, -0.2) is 19.2 Å². The molecule has 0 aromatic heterocycles. The molecule has 1 saturated heterocycles. The normalized spacial score (nSPS) is 28.7. The van der Waals surface area contributed by atoms with Gasteiger partial charge in [-0.05, 0) is 0 Å². The molecule has 166 valence electrons. The van der Waals surface area contributed by atoms with Crippen molar-refractivity contribution in [1.82, 2.24) is 0 Å². The van der Waals surface area contributed by atoms with Gasteiger partial charge in [-0.1, -0.05) is 0 Å². The Hall–Kier alpha value is -2.36. The number of rotatable bonds is 4. The van der Waals surface area contributed by atoms with Crippen LogP contribution in [0.3, 0.4) is 0 Å². The van der Waals surface area contributed by atoms with Crippen LogP contribution in [0.4, 0.5) is 0 Å². The lowest BCUT2D eigenvalue weighted by molar-refractivity contribution is -0.192. The molecule has 14 heteroatoms. The van der Waals surface area contributed by atoms with Gasteiger partial charge in [0.15, 0.2) is 24.4 Å². The third kappa shape index (κ3) is 8.68. The first-order valence-corrected chi connectivity index (χ1v) is 8.28. The van der Waals surface area contributed by atoms with Crippen LogP contribution in [0.15, 0.2) is 0 Å². The zero-order chi connectivity index (χ0) is 21.8. The van der Waals surface area contributed by atoms with E-state index in [1.807, 2.05) is 0 Å². The molecule has 4 atom stereocenters. The fourth-order valence-corrected chi connectivity index (χ4v) is 2.14. The molecule has 0 saturated carbocycles. The summed E-state index contributed by atoms with van der Waals surface area (Å²) in [6.07, 6.45) is -7.36. The summed E-state index contributed by atoms with van der Waals surface area (Å²) >= 11 is 0. The van der Waals surface area contributed by atoms with E-state index in [9.17, 15) is 19.2 Å². The Morgan fingerprint density at radius 2 is 0.793 bits per heavy atom. The summed E-state index contributed by atoms with van der Waals surface area (Å²) in [5.74, 6) is -6.30. The van der Waals surface area contributed by atoms with Gasteiger partial charge in [-0.3, -0.25) is 0 Å². The van der Waals surface area contributed by atoms with Crippen molar-refractivity contribution in [3.05, 3.63) is 0 Å². The molecule has 1 aliphatic heterocycles. The maximum absolute atomic E-state index is 11.3. The predicted octanol–water partition coefficient (Wildman–Crippen LogP) is -2.13. The second-order valence-electron chi connectivity index (χ2n) is 5.45. The van der Waals surface area contributed by atoms with Gasteiger partial charge < -0.3 is 48.8 Å². The van der Waals surface area contributed by atoms with Crippen LogP contribution in [0.5, 0.6) is 0 Å². The smallest absolute Gasteiger partial charge is 0.336 e. The minimum atomic E-state index is -1.88. The zero-order valence-corrected chi connectivity index (χ0v) is 15.1. The average Bonchev–Trinajstić information content (AvgIpc) is 2.63. The van der Waals surface area contributed by atoms with E-state index in [1.54, 1.807) is 0 Å². The van der Waals surface area contributed by atoms with Crippen molar-refractivity contribution in [3.63, 3.8) is 0 Å². The molecule has 0 spiro atoms. The fourth-order valence-electron chi connectivity index (χ4n) is 2.14. The molecule has 0 aliphatic carbocycles. The Morgan fingerprint density at radius 3 is 1.14 bits per heavy atom. The zero-order valence-electron chi connectivity index (χ0n) is 15.1. The molecule has 14 nitrogen and oxygen atoms in total. The van der Waals surface area contributed by atoms with Gasteiger partial charge >= 0.3 is 23.9 Å². The van der Waals surface area contributed by atoms with Gasteiger partial charge in [0.05, 0.1) is 39.6 Å². The maximum Gasteiger partial charge on any atom is 0.336 e. The monoisotopic (exact) mass is 426 g/mol. The highest BCUT2D eigenvalue weighted by Gasteiger charge is 2.37. The van der Waals surface area contributed by atoms with E-state index in [-0.39, 0.29) is 39.6 Å². The first kappa shape index (κ1) is 24.7. The minimum absolute atomic E-state index is 0.167. The van der Waals surface area contributed by atoms with Crippen molar-refractivity contribution in [2.45, 2.75) is 24.4 Å². The fraction of sp³-hybridized carbons (Fsp3) is 0.733. The molecule has 1 rings (SSSR count). The summed E-state index contributed by atoms with van der Waals surface area (Å²) in [5, 5.41) is 36.6. The molecule has 4 N–H and O–H groups in total. The molecule has 0 unspecified atom stereocenters. The molecule has 0 radical (unpaired) electrons. The highest BCUT2D eigenvalue weighted by atomic mass is 16.7. The van der Waals surface area contributed by atoms with Crippen LogP contribution in [0.25, 0.3) is 0 Å². The lowest BCUT2D eigenvalue weighted by Gasteiger charge is -2.21. The molecule has 1 fully saturated rings.